The Balaban J connectivity index is 1.57. The quantitative estimate of drug-likeness (QED) is 0.406. The van der Waals surface area contributed by atoms with Crippen LogP contribution >= 0.6 is 0 Å². The molecule has 0 aliphatic heterocycles. The summed E-state index contributed by atoms with van der Waals surface area (Å²) in [7, 11) is 0. The van der Waals surface area contributed by atoms with Crippen LogP contribution in [-0.4, -0.2) is 19.8 Å². The summed E-state index contributed by atoms with van der Waals surface area (Å²) in [5, 5.41) is 11.0. The maximum absolute atomic E-state index is 12.1. The highest BCUT2D eigenvalue weighted by atomic mass is 32.2. The van der Waals surface area contributed by atoms with Gasteiger partial charge in [-0.1, -0.05) is 54.6 Å². The van der Waals surface area contributed by atoms with Crippen molar-refractivity contribution in [3.05, 3.63) is 108 Å². The fourth-order valence-electron chi connectivity index (χ4n) is 3.57. The van der Waals surface area contributed by atoms with E-state index < -0.39 is 17.2 Å². The molecule has 0 heterocycles. The molecule has 156 valence electrons. The number of carboxylic acid groups (broad SMARTS) is 1. The molecule has 0 radical (unpaired) electrons. The molecule has 31 heavy (non-hydrogen) atoms. The zero-order valence-corrected chi connectivity index (χ0v) is 17.4. The zero-order chi connectivity index (χ0) is 21.8. The summed E-state index contributed by atoms with van der Waals surface area (Å²) in [5.74, 6) is -0.946. The molecular weight excluding hydrogens is 410 g/mol. The first-order valence-corrected chi connectivity index (χ1v) is 10.8. The molecule has 4 rings (SSSR count). The van der Waals surface area contributed by atoms with Gasteiger partial charge in [-0.15, -0.1) is 0 Å². The van der Waals surface area contributed by atoms with Crippen LogP contribution in [0.25, 0.3) is 10.8 Å². The van der Waals surface area contributed by atoms with Gasteiger partial charge in [-0.3, -0.25) is 8.51 Å². The number of fused-ring (bicyclic) bond motifs is 1. The number of hydrogen-bond acceptors (Lipinski definition) is 3. The maximum Gasteiger partial charge on any atom is 0.335 e. The van der Waals surface area contributed by atoms with E-state index in [0.29, 0.717) is 17.8 Å². The topological polar surface area (TPSA) is 80.7 Å². The molecule has 6 heteroatoms. The standard InChI is InChI=1S/C25H21NO4S/c27-25(28)21-12-10-18(11-13-21)8-9-19-4-3-7-23(16-19)26(31(29)30)24-15-14-20-5-1-2-6-22(20)17-24/h1-7,10-17H,8-9H2,(H,27,28)(H,29,30)/p-1. The van der Waals surface area contributed by atoms with Crippen molar-refractivity contribution in [3.63, 3.8) is 0 Å². The molecule has 1 unspecified atom stereocenters. The van der Waals surface area contributed by atoms with Crippen molar-refractivity contribution in [2.24, 2.45) is 0 Å². The molecule has 0 amide bonds. The van der Waals surface area contributed by atoms with Crippen molar-refractivity contribution in [1.82, 2.24) is 0 Å². The Hall–Kier alpha value is -3.48. The SMILES string of the molecule is O=C(O)c1ccc(CCc2cccc(N(c3ccc4ccccc4c3)S(=O)[O-])c2)cc1. The Morgan fingerprint density at radius 1 is 0.774 bits per heavy atom. The third-order valence-corrected chi connectivity index (χ3v) is 5.88. The van der Waals surface area contributed by atoms with Gasteiger partial charge in [0.2, 0.25) is 0 Å². The van der Waals surface area contributed by atoms with Crippen LogP contribution in [0.4, 0.5) is 11.4 Å². The number of carbonyl (C=O) groups is 1. The van der Waals surface area contributed by atoms with Crippen LogP contribution in [0.5, 0.6) is 0 Å². The molecule has 0 fully saturated rings. The molecule has 4 aromatic carbocycles. The zero-order valence-electron chi connectivity index (χ0n) is 16.6. The third-order valence-electron chi connectivity index (χ3n) is 5.16. The van der Waals surface area contributed by atoms with Crippen LogP contribution in [0.15, 0.2) is 91.0 Å². The maximum atomic E-state index is 12.1. The van der Waals surface area contributed by atoms with Crippen LogP contribution in [0, 0.1) is 0 Å². The molecule has 0 aliphatic rings. The molecule has 0 aliphatic carbocycles. The summed E-state index contributed by atoms with van der Waals surface area (Å²) in [6.45, 7) is 0. The lowest BCUT2D eigenvalue weighted by molar-refractivity contribution is 0.0697. The molecule has 0 bridgehead atoms. The van der Waals surface area contributed by atoms with Gasteiger partial charge in [-0.05, 0) is 71.1 Å². The molecule has 0 aromatic heterocycles. The highest BCUT2D eigenvalue weighted by Gasteiger charge is 2.12. The van der Waals surface area contributed by atoms with Gasteiger partial charge in [0.1, 0.15) is 0 Å². The van der Waals surface area contributed by atoms with Gasteiger partial charge in [0.15, 0.2) is 0 Å². The second-order valence-electron chi connectivity index (χ2n) is 7.21. The first-order valence-electron chi connectivity index (χ1n) is 9.81. The number of rotatable bonds is 7. The van der Waals surface area contributed by atoms with Crippen molar-refractivity contribution < 1.29 is 18.7 Å². The molecule has 0 spiro atoms. The lowest BCUT2D eigenvalue weighted by Crippen LogP contribution is -2.19. The van der Waals surface area contributed by atoms with Crippen molar-refractivity contribution in [3.8, 4) is 0 Å². The van der Waals surface area contributed by atoms with E-state index in [2.05, 4.69) is 0 Å². The highest BCUT2D eigenvalue weighted by molar-refractivity contribution is 7.81. The Morgan fingerprint density at radius 3 is 2.16 bits per heavy atom. The molecule has 0 saturated carbocycles. The fraction of sp³-hybridized carbons (Fsp3) is 0.0800. The number of hydrogen-bond donors (Lipinski definition) is 1. The van der Waals surface area contributed by atoms with E-state index in [1.165, 1.54) is 4.31 Å². The first-order chi connectivity index (χ1) is 15.0. The van der Waals surface area contributed by atoms with Crippen LogP contribution in [-0.2, 0) is 24.1 Å². The Kier molecular flexibility index (Phi) is 6.11. The number of nitrogens with zero attached hydrogens (tertiary/aromatic N) is 1. The second-order valence-corrected chi connectivity index (χ2v) is 8.01. The van der Waals surface area contributed by atoms with E-state index in [-0.39, 0.29) is 5.56 Å². The minimum absolute atomic E-state index is 0.259. The predicted octanol–water partition coefficient (Wildman–Crippen LogP) is 5.26. The molecule has 0 saturated heterocycles. The largest absolute Gasteiger partial charge is 0.755 e. The summed E-state index contributed by atoms with van der Waals surface area (Å²) >= 11 is -2.48. The highest BCUT2D eigenvalue weighted by Crippen LogP contribution is 2.30. The van der Waals surface area contributed by atoms with Gasteiger partial charge in [0, 0.05) is 0 Å². The molecular formula is C25H20NO4S-. The number of carboxylic acids is 1. The predicted molar refractivity (Wildman–Crippen MR) is 122 cm³/mol. The number of benzene rings is 4. The van der Waals surface area contributed by atoms with Gasteiger partial charge in [0.25, 0.3) is 0 Å². The fourth-order valence-corrected chi connectivity index (χ4v) is 4.14. The Bertz CT molecular complexity index is 1250. The Morgan fingerprint density at radius 2 is 1.45 bits per heavy atom. The van der Waals surface area contributed by atoms with E-state index in [4.69, 9.17) is 5.11 Å². The molecule has 5 nitrogen and oxygen atoms in total. The van der Waals surface area contributed by atoms with Crippen LogP contribution in [0.3, 0.4) is 0 Å². The first kappa shape index (κ1) is 20.8. The van der Waals surface area contributed by atoms with Crippen molar-refractivity contribution in [2.75, 3.05) is 4.31 Å². The van der Waals surface area contributed by atoms with Gasteiger partial charge in [0.05, 0.1) is 28.2 Å². The number of anilines is 2. The van der Waals surface area contributed by atoms with E-state index in [1.807, 2.05) is 54.6 Å². The second kappa shape index (κ2) is 9.12. The summed E-state index contributed by atoms with van der Waals surface area (Å²) < 4.78 is 25.5. The van der Waals surface area contributed by atoms with E-state index in [1.54, 1.807) is 36.4 Å². The van der Waals surface area contributed by atoms with Gasteiger partial charge in [-0.25, -0.2) is 4.79 Å². The summed E-state index contributed by atoms with van der Waals surface area (Å²) in [4.78, 5) is 11.0. The van der Waals surface area contributed by atoms with Gasteiger partial charge >= 0.3 is 5.97 Å². The van der Waals surface area contributed by atoms with Gasteiger partial charge in [-0.2, -0.15) is 0 Å². The summed E-state index contributed by atoms with van der Waals surface area (Å²) in [6, 6.07) is 27.6. The van der Waals surface area contributed by atoms with E-state index >= 15 is 0 Å². The smallest absolute Gasteiger partial charge is 0.335 e. The monoisotopic (exact) mass is 430 g/mol. The van der Waals surface area contributed by atoms with Crippen LogP contribution < -0.4 is 4.31 Å². The summed E-state index contributed by atoms with van der Waals surface area (Å²) in [5.41, 5.74) is 3.43. The van der Waals surface area contributed by atoms with Crippen LogP contribution in [0.2, 0.25) is 0 Å². The normalized spacial score (nSPS) is 11.9. The molecule has 1 N–H and O–H groups in total. The van der Waals surface area contributed by atoms with Crippen molar-refractivity contribution in [2.45, 2.75) is 12.8 Å². The average molecular weight is 431 g/mol. The lowest BCUT2D eigenvalue weighted by Gasteiger charge is -2.27. The van der Waals surface area contributed by atoms with Crippen LogP contribution in [0.1, 0.15) is 21.5 Å². The van der Waals surface area contributed by atoms with Crippen molar-refractivity contribution >= 4 is 39.4 Å². The third kappa shape index (κ3) is 4.82. The average Bonchev–Trinajstić information content (AvgIpc) is 2.78. The molecule has 1 atom stereocenters. The van der Waals surface area contributed by atoms with Gasteiger partial charge < -0.3 is 9.66 Å². The summed E-state index contributed by atoms with van der Waals surface area (Å²) in [6.07, 6.45) is 1.43. The van der Waals surface area contributed by atoms with E-state index in [9.17, 15) is 13.6 Å². The Labute approximate surface area is 183 Å². The molecule has 4 aromatic rings. The minimum atomic E-state index is -2.48. The lowest BCUT2D eigenvalue weighted by atomic mass is 10.0. The van der Waals surface area contributed by atoms with Crippen molar-refractivity contribution in [1.29, 1.82) is 0 Å². The number of aryl methyl sites for hydroxylation is 2. The minimum Gasteiger partial charge on any atom is -0.755 e. The number of aromatic carboxylic acids is 1. The van der Waals surface area contributed by atoms with E-state index in [0.717, 1.165) is 28.3 Å².